The Bertz CT molecular complexity index is 882. The van der Waals surface area contributed by atoms with Crippen LogP contribution in [0.5, 0.6) is 0 Å². The summed E-state index contributed by atoms with van der Waals surface area (Å²) in [5, 5.41) is 4.62. The van der Waals surface area contributed by atoms with Crippen molar-refractivity contribution in [2.45, 2.75) is 42.9 Å². The fourth-order valence-corrected chi connectivity index (χ4v) is 5.52. The molecule has 2 N–H and O–H groups in total. The molecule has 3 rings (SSSR count). The number of amides is 1. The molecule has 0 saturated carbocycles. The summed E-state index contributed by atoms with van der Waals surface area (Å²) in [5.74, 6) is -0.267. The van der Waals surface area contributed by atoms with Crippen LogP contribution >= 0.6 is 11.3 Å². The smallest absolute Gasteiger partial charge is 0.271 e. The van der Waals surface area contributed by atoms with E-state index in [1.807, 2.05) is 0 Å². The van der Waals surface area contributed by atoms with Crippen molar-refractivity contribution in [3.8, 4) is 0 Å². The van der Waals surface area contributed by atoms with E-state index in [1.165, 1.54) is 25.3 Å². The molecule has 28 heavy (non-hydrogen) atoms. The molecule has 1 saturated heterocycles. The van der Waals surface area contributed by atoms with Gasteiger partial charge in [-0.15, -0.1) is 11.3 Å². The molecule has 8 heteroatoms. The second-order valence-corrected chi connectivity index (χ2v) is 9.93. The van der Waals surface area contributed by atoms with Gasteiger partial charge in [0.1, 0.15) is 4.21 Å². The number of nitrogens with one attached hydrogen (secondary N) is 2. The van der Waals surface area contributed by atoms with Gasteiger partial charge in [0.2, 0.25) is 0 Å². The van der Waals surface area contributed by atoms with Crippen molar-refractivity contribution in [2.75, 3.05) is 24.4 Å². The SMILES string of the molecule is C[C@@H]1CCCCN1CCCNC(=O)c1ccccc1NS(=O)(=O)c1cccs1. The maximum absolute atomic E-state index is 12.6. The first kappa shape index (κ1) is 20.8. The topological polar surface area (TPSA) is 78.5 Å². The van der Waals surface area contributed by atoms with E-state index in [0.29, 0.717) is 18.2 Å². The number of benzene rings is 1. The molecular formula is C20H27N3O3S2. The molecule has 1 aliphatic rings. The van der Waals surface area contributed by atoms with Gasteiger partial charge in [-0.1, -0.05) is 24.6 Å². The summed E-state index contributed by atoms with van der Waals surface area (Å²) in [5.41, 5.74) is 0.618. The lowest BCUT2D eigenvalue weighted by molar-refractivity contribution is 0.0950. The van der Waals surface area contributed by atoms with Gasteiger partial charge in [0, 0.05) is 19.1 Å². The molecule has 6 nitrogen and oxygen atoms in total. The lowest BCUT2D eigenvalue weighted by Gasteiger charge is -2.33. The van der Waals surface area contributed by atoms with E-state index in [-0.39, 0.29) is 15.8 Å². The van der Waals surface area contributed by atoms with Gasteiger partial charge in [-0.3, -0.25) is 9.52 Å². The van der Waals surface area contributed by atoms with Crippen LogP contribution in [0.25, 0.3) is 0 Å². The van der Waals surface area contributed by atoms with Gasteiger partial charge in [0.15, 0.2) is 0 Å². The molecule has 1 aromatic carbocycles. The van der Waals surface area contributed by atoms with Crippen molar-refractivity contribution in [1.29, 1.82) is 0 Å². The van der Waals surface area contributed by atoms with Crippen LogP contribution in [0.15, 0.2) is 46.0 Å². The van der Waals surface area contributed by atoms with Crippen molar-refractivity contribution in [2.24, 2.45) is 0 Å². The number of piperidine rings is 1. The highest BCUT2D eigenvalue weighted by molar-refractivity contribution is 7.94. The van der Waals surface area contributed by atoms with Crippen molar-refractivity contribution < 1.29 is 13.2 Å². The average Bonchev–Trinajstić information content (AvgIpc) is 3.22. The minimum absolute atomic E-state index is 0.221. The molecule has 2 aromatic rings. The fraction of sp³-hybridized carbons (Fsp3) is 0.450. The van der Waals surface area contributed by atoms with E-state index in [4.69, 9.17) is 0 Å². The molecule has 1 amide bonds. The van der Waals surface area contributed by atoms with Crippen LogP contribution in [0, 0.1) is 0 Å². The molecule has 0 radical (unpaired) electrons. The molecule has 0 unspecified atom stereocenters. The lowest BCUT2D eigenvalue weighted by Crippen LogP contribution is -2.39. The Morgan fingerprint density at radius 2 is 2.04 bits per heavy atom. The molecule has 1 aliphatic heterocycles. The summed E-state index contributed by atoms with van der Waals surface area (Å²) >= 11 is 1.14. The maximum Gasteiger partial charge on any atom is 0.271 e. The standard InChI is InChI=1S/C20H27N3O3S2/c1-16-8-4-5-13-23(16)14-7-12-21-20(24)17-9-2-3-10-18(17)22-28(25,26)19-11-6-15-27-19/h2-3,6,9-11,15-16,22H,4-5,7-8,12-14H2,1H3,(H,21,24)/t16-/m1/s1. The summed E-state index contributed by atoms with van der Waals surface area (Å²) in [7, 11) is -3.69. The first-order valence-electron chi connectivity index (χ1n) is 9.65. The Labute approximate surface area is 171 Å². The molecule has 0 bridgehead atoms. The zero-order valence-corrected chi connectivity index (χ0v) is 17.7. The third-order valence-electron chi connectivity index (χ3n) is 5.02. The first-order valence-corrected chi connectivity index (χ1v) is 12.0. The number of para-hydroxylation sites is 1. The number of hydrogen-bond donors (Lipinski definition) is 2. The minimum Gasteiger partial charge on any atom is -0.352 e. The van der Waals surface area contributed by atoms with Crippen molar-refractivity contribution in [3.05, 3.63) is 47.3 Å². The third-order valence-corrected chi connectivity index (χ3v) is 7.79. The average molecular weight is 422 g/mol. The zero-order chi connectivity index (χ0) is 20.0. The van der Waals surface area contributed by atoms with Gasteiger partial charge in [-0.25, -0.2) is 8.42 Å². The highest BCUT2D eigenvalue weighted by Crippen LogP contribution is 2.23. The predicted molar refractivity (Wildman–Crippen MR) is 113 cm³/mol. The second-order valence-electron chi connectivity index (χ2n) is 7.07. The zero-order valence-electron chi connectivity index (χ0n) is 16.1. The number of sulfonamides is 1. The highest BCUT2D eigenvalue weighted by atomic mass is 32.2. The summed E-state index contributed by atoms with van der Waals surface area (Å²) in [6, 6.07) is 10.5. The van der Waals surface area contributed by atoms with E-state index < -0.39 is 10.0 Å². The summed E-state index contributed by atoms with van der Waals surface area (Å²) in [4.78, 5) is 15.1. The van der Waals surface area contributed by atoms with Gasteiger partial charge in [0.05, 0.1) is 11.3 Å². The van der Waals surface area contributed by atoms with Crippen molar-refractivity contribution >= 4 is 33.0 Å². The fourth-order valence-electron chi connectivity index (χ4n) is 3.45. The number of rotatable bonds is 8. The number of carbonyl (C=O) groups is 1. The summed E-state index contributed by atoms with van der Waals surface area (Å²) in [6.45, 7) is 4.91. The molecular weight excluding hydrogens is 394 g/mol. The summed E-state index contributed by atoms with van der Waals surface area (Å²) in [6.07, 6.45) is 4.66. The molecule has 1 fully saturated rings. The van der Waals surface area contributed by atoms with Crippen LogP contribution < -0.4 is 10.0 Å². The van der Waals surface area contributed by atoms with Crippen molar-refractivity contribution in [3.63, 3.8) is 0 Å². The third kappa shape index (κ3) is 5.33. The van der Waals surface area contributed by atoms with E-state index >= 15 is 0 Å². The maximum atomic E-state index is 12.6. The van der Waals surface area contributed by atoms with E-state index in [0.717, 1.165) is 30.8 Å². The van der Waals surface area contributed by atoms with Gasteiger partial charge in [0.25, 0.3) is 15.9 Å². The minimum atomic E-state index is -3.69. The number of carbonyl (C=O) groups excluding carboxylic acids is 1. The molecule has 0 spiro atoms. The van der Waals surface area contributed by atoms with Crippen LogP contribution in [0.2, 0.25) is 0 Å². The quantitative estimate of drug-likeness (QED) is 0.639. The van der Waals surface area contributed by atoms with Gasteiger partial charge >= 0.3 is 0 Å². The summed E-state index contributed by atoms with van der Waals surface area (Å²) < 4.78 is 27.7. The van der Waals surface area contributed by atoms with Gasteiger partial charge < -0.3 is 10.2 Å². The number of hydrogen-bond acceptors (Lipinski definition) is 5. The predicted octanol–water partition coefficient (Wildman–Crippen LogP) is 3.54. The number of likely N-dealkylation sites (tertiary alicyclic amines) is 1. The largest absolute Gasteiger partial charge is 0.352 e. The van der Waals surface area contributed by atoms with Gasteiger partial charge in [-0.2, -0.15) is 0 Å². The Hall–Kier alpha value is -1.90. The second kappa shape index (κ2) is 9.54. The molecule has 0 aliphatic carbocycles. The van der Waals surface area contributed by atoms with E-state index in [9.17, 15) is 13.2 Å². The van der Waals surface area contributed by atoms with Gasteiger partial charge in [-0.05, 0) is 56.3 Å². The number of thiophene rings is 1. The Morgan fingerprint density at radius 3 is 2.79 bits per heavy atom. The first-order chi connectivity index (χ1) is 13.5. The van der Waals surface area contributed by atoms with Crippen LogP contribution in [0.1, 0.15) is 43.0 Å². The lowest BCUT2D eigenvalue weighted by atomic mass is 10.0. The molecule has 1 aromatic heterocycles. The Morgan fingerprint density at radius 1 is 1.21 bits per heavy atom. The van der Waals surface area contributed by atoms with E-state index in [1.54, 1.807) is 35.7 Å². The Kier molecular flexibility index (Phi) is 7.09. The van der Waals surface area contributed by atoms with Crippen molar-refractivity contribution in [1.82, 2.24) is 10.2 Å². The van der Waals surface area contributed by atoms with E-state index in [2.05, 4.69) is 21.9 Å². The monoisotopic (exact) mass is 421 g/mol. The number of anilines is 1. The highest BCUT2D eigenvalue weighted by Gasteiger charge is 2.20. The number of nitrogens with zero attached hydrogens (tertiary/aromatic N) is 1. The molecule has 152 valence electrons. The van der Waals surface area contributed by atoms with Crippen LogP contribution in [-0.2, 0) is 10.0 Å². The normalized spacial score (nSPS) is 18.0. The van der Waals surface area contributed by atoms with Crippen LogP contribution in [0.3, 0.4) is 0 Å². The molecule has 2 heterocycles. The molecule has 1 atom stereocenters. The van der Waals surface area contributed by atoms with Crippen LogP contribution in [-0.4, -0.2) is 44.9 Å². The van der Waals surface area contributed by atoms with Crippen LogP contribution in [0.4, 0.5) is 5.69 Å². The Balaban J connectivity index is 1.57.